The molecular weight excluding hydrogens is 270 g/mol. The van der Waals surface area contributed by atoms with E-state index in [0.29, 0.717) is 17.9 Å². The molecule has 1 amide bonds. The minimum absolute atomic E-state index is 0.108. The molecule has 0 aliphatic heterocycles. The maximum absolute atomic E-state index is 12.1. The molecule has 1 atom stereocenters. The van der Waals surface area contributed by atoms with Gasteiger partial charge in [-0.3, -0.25) is 4.79 Å². The minimum atomic E-state index is -0.273. The molecule has 3 N–H and O–H groups in total. The number of nitrogens with two attached hydrogens (primary N) is 1. The quantitative estimate of drug-likeness (QED) is 0.843. The van der Waals surface area contributed by atoms with E-state index in [2.05, 4.69) is 15.6 Å². The Kier molecular flexibility index (Phi) is 4.54. The van der Waals surface area contributed by atoms with Crippen molar-refractivity contribution in [3.05, 3.63) is 35.7 Å². The highest BCUT2D eigenvalue weighted by atomic mass is 16.5. The Hall–Kier alpha value is -2.41. The highest BCUT2D eigenvalue weighted by molar-refractivity contribution is 5.93. The van der Waals surface area contributed by atoms with Gasteiger partial charge in [-0.15, -0.1) is 5.10 Å². The van der Waals surface area contributed by atoms with E-state index in [1.807, 2.05) is 31.2 Å². The molecule has 0 saturated heterocycles. The molecule has 1 aromatic heterocycles. The Bertz CT molecular complexity index is 621. The topological polar surface area (TPSA) is 95.1 Å². The van der Waals surface area contributed by atoms with Crippen LogP contribution in [0.5, 0.6) is 5.75 Å². The van der Waals surface area contributed by atoms with Gasteiger partial charge in [0.15, 0.2) is 5.69 Å². The predicted molar refractivity (Wildman–Crippen MR) is 78.6 cm³/mol. The molecule has 0 bridgehead atoms. The third-order valence-electron chi connectivity index (χ3n) is 3.16. The summed E-state index contributed by atoms with van der Waals surface area (Å²) in [5, 5.41) is 10.8. The van der Waals surface area contributed by atoms with Gasteiger partial charge in [0.05, 0.1) is 18.5 Å². The fraction of sp³-hybridized carbons (Fsp3) is 0.357. The van der Waals surface area contributed by atoms with Crippen LogP contribution in [-0.4, -0.2) is 40.6 Å². The van der Waals surface area contributed by atoms with Crippen LogP contribution in [0.2, 0.25) is 0 Å². The Morgan fingerprint density at radius 3 is 2.67 bits per heavy atom. The van der Waals surface area contributed by atoms with E-state index in [0.717, 1.165) is 11.4 Å². The second-order valence-electron chi connectivity index (χ2n) is 4.74. The summed E-state index contributed by atoms with van der Waals surface area (Å²) < 4.78 is 6.73. The first-order valence-electron chi connectivity index (χ1n) is 6.64. The highest BCUT2D eigenvalue weighted by Gasteiger charge is 2.18. The van der Waals surface area contributed by atoms with E-state index in [4.69, 9.17) is 10.5 Å². The minimum Gasteiger partial charge on any atom is -0.497 e. The number of amides is 1. The molecule has 0 unspecified atom stereocenters. The van der Waals surface area contributed by atoms with Gasteiger partial charge in [0.1, 0.15) is 5.75 Å². The average molecular weight is 289 g/mol. The molecule has 0 spiro atoms. The summed E-state index contributed by atoms with van der Waals surface area (Å²) >= 11 is 0. The number of methoxy groups -OCH3 is 1. The zero-order chi connectivity index (χ0) is 15.4. The Morgan fingerprint density at radius 2 is 2.10 bits per heavy atom. The number of hydrogen-bond donors (Lipinski definition) is 2. The molecule has 2 rings (SSSR count). The lowest BCUT2D eigenvalue weighted by Gasteiger charge is -2.10. The van der Waals surface area contributed by atoms with Crippen molar-refractivity contribution in [2.75, 3.05) is 13.7 Å². The van der Waals surface area contributed by atoms with Crippen molar-refractivity contribution in [3.63, 3.8) is 0 Å². The molecular formula is C14H19N5O2. The summed E-state index contributed by atoms with van der Waals surface area (Å²) in [7, 11) is 1.61. The number of carbonyl (C=O) groups is 1. The summed E-state index contributed by atoms with van der Waals surface area (Å²) in [5.41, 5.74) is 7.27. The summed E-state index contributed by atoms with van der Waals surface area (Å²) in [6.07, 6.45) is 0. The van der Waals surface area contributed by atoms with Gasteiger partial charge in [-0.25, -0.2) is 4.68 Å². The van der Waals surface area contributed by atoms with E-state index >= 15 is 0 Å². The van der Waals surface area contributed by atoms with Crippen molar-refractivity contribution in [1.82, 2.24) is 20.3 Å². The summed E-state index contributed by atoms with van der Waals surface area (Å²) in [6.45, 7) is 4.00. The number of benzene rings is 1. The number of hydrogen-bond acceptors (Lipinski definition) is 5. The molecule has 1 heterocycles. The second-order valence-corrected chi connectivity index (χ2v) is 4.74. The summed E-state index contributed by atoms with van der Waals surface area (Å²) in [6, 6.07) is 7.25. The van der Waals surface area contributed by atoms with Crippen LogP contribution < -0.4 is 15.8 Å². The number of ether oxygens (including phenoxy) is 1. The number of nitrogens with zero attached hydrogens (tertiary/aromatic N) is 3. The lowest BCUT2D eigenvalue weighted by molar-refractivity contribution is 0.0935. The van der Waals surface area contributed by atoms with Gasteiger partial charge in [0.25, 0.3) is 5.91 Å². The Morgan fingerprint density at radius 1 is 1.43 bits per heavy atom. The number of aromatic nitrogens is 3. The third kappa shape index (κ3) is 3.19. The fourth-order valence-corrected chi connectivity index (χ4v) is 1.86. The van der Waals surface area contributed by atoms with Gasteiger partial charge in [-0.1, -0.05) is 5.21 Å². The van der Waals surface area contributed by atoms with E-state index in [9.17, 15) is 4.79 Å². The molecule has 7 nitrogen and oxygen atoms in total. The summed E-state index contributed by atoms with van der Waals surface area (Å²) in [4.78, 5) is 12.1. The predicted octanol–water partition coefficient (Wildman–Crippen LogP) is 0.661. The van der Waals surface area contributed by atoms with Crippen LogP contribution in [0.3, 0.4) is 0 Å². The highest BCUT2D eigenvalue weighted by Crippen LogP contribution is 2.16. The molecule has 0 aliphatic rings. The first-order chi connectivity index (χ1) is 10.1. The molecule has 112 valence electrons. The molecule has 21 heavy (non-hydrogen) atoms. The van der Waals surface area contributed by atoms with Crippen LogP contribution in [0, 0.1) is 6.92 Å². The Labute approximate surface area is 123 Å². The van der Waals surface area contributed by atoms with Gasteiger partial charge in [-0.2, -0.15) is 0 Å². The fourth-order valence-electron chi connectivity index (χ4n) is 1.86. The number of carbonyl (C=O) groups excluding carboxylic acids is 1. The van der Waals surface area contributed by atoms with E-state index < -0.39 is 0 Å². The number of nitrogens with one attached hydrogen (secondary N) is 1. The molecule has 0 saturated carbocycles. The van der Waals surface area contributed by atoms with E-state index in [1.54, 1.807) is 18.7 Å². The van der Waals surface area contributed by atoms with Crippen molar-refractivity contribution in [3.8, 4) is 11.4 Å². The first-order valence-corrected chi connectivity index (χ1v) is 6.64. The van der Waals surface area contributed by atoms with E-state index in [1.165, 1.54) is 0 Å². The van der Waals surface area contributed by atoms with Gasteiger partial charge in [-0.05, 0) is 38.1 Å². The smallest absolute Gasteiger partial charge is 0.274 e. The van der Waals surface area contributed by atoms with Crippen molar-refractivity contribution in [1.29, 1.82) is 0 Å². The standard InChI is InChI=1S/C14H19N5O2/c1-9(8-15)16-14(20)13-10(2)19(18-17-13)11-4-6-12(21-3)7-5-11/h4-7,9H,8,15H2,1-3H3,(H,16,20)/t9-/m0/s1. The van der Waals surface area contributed by atoms with Gasteiger partial charge < -0.3 is 15.8 Å². The van der Waals surface area contributed by atoms with Crippen LogP contribution in [-0.2, 0) is 0 Å². The van der Waals surface area contributed by atoms with Crippen LogP contribution in [0.1, 0.15) is 23.1 Å². The molecule has 7 heteroatoms. The second kappa shape index (κ2) is 6.36. The van der Waals surface area contributed by atoms with Gasteiger partial charge >= 0.3 is 0 Å². The zero-order valence-electron chi connectivity index (χ0n) is 12.3. The van der Waals surface area contributed by atoms with Crippen molar-refractivity contribution in [2.24, 2.45) is 5.73 Å². The number of rotatable bonds is 5. The van der Waals surface area contributed by atoms with Gasteiger partial charge in [0.2, 0.25) is 0 Å². The van der Waals surface area contributed by atoms with Crippen molar-refractivity contribution >= 4 is 5.91 Å². The first kappa shape index (κ1) is 15.0. The van der Waals surface area contributed by atoms with Crippen molar-refractivity contribution < 1.29 is 9.53 Å². The lowest BCUT2D eigenvalue weighted by atomic mass is 10.2. The molecule has 1 aromatic carbocycles. The van der Waals surface area contributed by atoms with Crippen molar-refractivity contribution in [2.45, 2.75) is 19.9 Å². The maximum Gasteiger partial charge on any atom is 0.274 e. The third-order valence-corrected chi connectivity index (χ3v) is 3.16. The summed E-state index contributed by atoms with van der Waals surface area (Å²) in [5.74, 6) is 0.483. The molecule has 0 aliphatic carbocycles. The molecule has 0 fully saturated rings. The van der Waals surface area contributed by atoms with Gasteiger partial charge in [0, 0.05) is 12.6 Å². The normalized spacial score (nSPS) is 12.0. The SMILES string of the molecule is COc1ccc(-n2nnc(C(=O)N[C@@H](C)CN)c2C)cc1. The van der Waals surface area contributed by atoms with Crippen LogP contribution >= 0.6 is 0 Å². The van der Waals surface area contributed by atoms with Crippen LogP contribution in [0.25, 0.3) is 5.69 Å². The zero-order valence-corrected chi connectivity index (χ0v) is 12.3. The van der Waals surface area contributed by atoms with Crippen LogP contribution in [0.15, 0.2) is 24.3 Å². The largest absolute Gasteiger partial charge is 0.497 e. The molecule has 0 radical (unpaired) electrons. The van der Waals surface area contributed by atoms with Crippen LogP contribution in [0.4, 0.5) is 0 Å². The average Bonchev–Trinajstić information content (AvgIpc) is 2.89. The molecule has 2 aromatic rings. The Balaban J connectivity index is 2.25. The maximum atomic E-state index is 12.1. The monoisotopic (exact) mass is 289 g/mol. The van der Waals surface area contributed by atoms with E-state index in [-0.39, 0.29) is 11.9 Å². The lowest BCUT2D eigenvalue weighted by Crippen LogP contribution is -2.38.